The first kappa shape index (κ1) is 21.3. The molecule has 3 aromatic rings. The van der Waals surface area contributed by atoms with Crippen LogP contribution in [-0.2, 0) is 11.5 Å². The molecule has 1 aliphatic carbocycles. The summed E-state index contributed by atoms with van der Waals surface area (Å²) >= 11 is 0. The Balaban J connectivity index is 1.78. The van der Waals surface area contributed by atoms with Crippen LogP contribution in [0, 0.1) is 12.7 Å². The summed E-state index contributed by atoms with van der Waals surface area (Å²) in [5.74, 6) is -3.62. The van der Waals surface area contributed by atoms with Gasteiger partial charge in [0.25, 0.3) is 11.5 Å². The number of aryl methyl sites for hydroxylation is 1. The summed E-state index contributed by atoms with van der Waals surface area (Å²) in [4.78, 5) is 21.2. The van der Waals surface area contributed by atoms with Gasteiger partial charge in [0, 0.05) is 24.8 Å². The van der Waals surface area contributed by atoms with E-state index in [0.717, 1.165) is 6.07 Å². The first-order chi connectivity index (χ1) is 14.6. The number of nitrogens with zero attached hydrogens (tertiary/aromatic N) is 3. The molecule has 1 fully saturated rings. The molecular weight excluding hydrogens is 412 g/mol. The highest BCUT2D eigenvalue weighted by Gasteiger charge is 2.45. The number of hydrogen-bond acceptors (Lipinski definition) is 4. The van der Waals surface area contributed by atoms with Crippen molar-refractivity contribution in [3.8, 4) is 0 Å². The van der Waals surface area contributed by atoms with Crippen LogP contribution in [0.3, 0.4) is 0 Å². The van der Waals surface area contributed by atoms with E-state index in [4.69, 9.17) is 0 Å². The fourth-order valence-corrected chi connectivity index (χ4v) is 3.79. The van der Waals surface area contributed by atoms with Gasteiger partial charge in [0.1, 0.15) is 24.1 Å². The number of rotatable bonds is 6. The van der Waals surface area contributed by atoms with Crippen LogP contribution in [0.1, 0.15) is 49.7 Å². The van der Waals surface area contributed by atoms with Gasteiger partial charge in [0.2, 0.25) is 0 Å². The molecule has 1 aromatic carbocycles. The zero-order valence-electron chi connectivity index (χ0n) is 17.3. The van der Waals surface area contributed by atoms with Gasteiger partial charge in [-0.1, -0.05) is 18.2 Å². The van der Waals surface area contributed by atoms with E-state index in [1.165, 1.54) is 29.0 Å². The van der Waals surface area contributed by atoms with E-state index in [-0.39, 0.29) is 11.1 Å². The normalized spacial score (nSPS) is 16.4. The first-order valence-electron chi connectivity index (χ1n) is 9.96. The summed E-state index contributed by atoms with van der Waals surface area (Å²) in [6.07, 6.45) is 2.64. The van der Waals surface area contributed by atoms with E-state index in [2.05, 4.69) is 15.3 Å². The van der Waals surface area contributed by atoms with Gasteiger partial charge in [0.05, 0.1) is 28.0 Å². The summed E-state index contributed by atoms with van der Waals surface area (Å²) in [5, 5.41) is 3.52. The van der Waals surface area contributed by atoms with E-state index in [0.29, 0.717) is 42.3 Å². The highest BCUT2D eigenvalue weighted by atomic mass is 19.3. The zero-order chi connectivity index (χ0) is 22.6. The maximum absolute atomic E-state index is 14.8. The van der Waals surface area contributed by atoms with Crippen molar-refractivity contribution in [2.75, 3.05) is 12.0 Å². The van der Waals surface area contributed by atoms with E-state index in [1.807, 2.05) is 0 Å². The molecular formula is C22H22F4N4O. The lowest BCUT2D eigenvalue weighted by Crippen LogP contribution is -2.31. The Bertz CT molecular complexity index is 1210. The number of alkyl halides is 3. The minimum atomic E-state index is -3.32. The Morgan fingerprint density at radius 2 is 2.00 bits per heavy atom. The van der Waals surface area contributed by atoms with E-state index in [9.17, 15) is 22.4 Å². The standard InChI is InChI=1S/C22H22F4N4O/c1-12(14-5-4-6-16(19(14)24)21(3,25)26)27-20-15-10-30(22(11-23)7-8-22)18(31)9-17(15)28-13(2)29-20/h4-6,9-10,12H,7-8,11H2,1-3H3,(H,27,28,29). The fraction of sp³-hybridized carbons (Fsp3) is 0.409. The Morgan fingerprint density at radius 1 is 1.29 bits per heavy atom. The number of halogens is 4. The van der Waals surface area contributed by atoms with Gasteiger partial charge >= 0.3 is 0 Å². The van der Waals surface area contributed by atoms with Crippen molar-refractivity contribution in [2.45, 2.75) is 51.1 Å². The van der Waals surface area contributed by atoms with Gasteiger partial charge in [-0.3, -0.25) is 4.79 Å². The summed E-state index contributed by atoms with van der Waals surface area (Å²) in [5.41, 5.74) is -1.46. The molecule has 5 nitrogen and oxygen atoms in total. The second kappa shape index (κ2) is 7.32. The van der Waals surface area contributed by atoms with E-state index < -0.39 is 35.6 Å². The van der Waals surface area contributed by atoms with Crippen LogP contribution < -0.4 is 10.9 Å². The van der Waals surface area contributed by atoms with E-state index in [1.54, 1.807) is 13.8 Å². The maximum atomic E-state index is 14.8. The molecule has 164 valence electrons. The lowest BCUT2D eigenvalue weighted by molar-refractivity contribution is 0.0136. The van der Waals surface area contributed by atoms with Crippen LogP contribution in [0.4, 0.5) is 23.4 Å². The van der Waals surface area contributed by atoms with Gasteiger partial charge in [-0.05, 0) is 26.7 Å². The molecule has 1 aliphatic rings. The molecule has 4 rings (SSSR count). The Hall–Kier alpha value is -2.97. The average Bonchev–Trinajstić information content (AvgIpc) is 3.47. The molecule has 0 radical (unpaired) electrons. The molecule has 2 heterocycles. The van der Waals surface area contributed by atoms with Crippen molar-refractivity contribution in [1.29, 1.82) is 0 Å². The smallest absolute Gasteiger partial charge is 0.273 e. The molecule has 0 bridgehead atoms. The highest BCUT2D eigenvalue weighted by Crippen LogP contribution is 2.43. The zero-order valence-corrected chi connectivity index (χ0v) is 17.3. The SMILES string of the molecule is Cc1nc(NC(C)c2cccc(C(C)(F)F)c2F)c2cn(C3(CF)CC3)c(=O)cc2n1. The third kappa shape index (κ3) is 3.77. The van der Waals surface area contributed by atoms with Crippen molar-refractivity contribution in [3.05, 3.63) is 63.6 Å². The van der Waals surface area contributed by atoms with Gasteiger partial charge in [-0.25, -0.2) is 27.5 Å². The van der Waals surface area contributed by atoms with Gasteiger partial charge < -0.3 is 9.88 Å². The minimum absolute atomic E-state index is 0.0548. The Labute approximate surface area is 176 Å². The van der Waals surface area contributed by atoms with Gasteiger partial charge in [-0.15, -0.1) is 0 Å². The number of aromatic nitrogens is 3. The summed E-state index contributed by atoms with van der Waals surface area (Å²) in [6, 6.07) is 4.48. The Morgan fingerprint density at radius 3 is 2.61 bits per heavy atom. The second-order valence-electron chi connectivity index (χ2n) is 8.22. The largest absolute Gasteiger partial charge is 0.363 e. The number of fused-ring (bicyclic) bond motifs is 1. The average molecular weight is 434 g/mol. The van der Waals surface area contributed by atoms with Crippen molar-refractivity contribution in [3.63, 3.8) is 0 Å². The highest BCUT2D eigenvalue weighted by molar-refractivity contribution is 5.88. The summed E-state index contributed by atoms with van der Waals surface area (Å²) in [7, 11) is 0. The molecule has 1 atom stereocenters. The Kier molecular flexibility index (Phi) is 5.02. The predicted molar refractivity (Wildman–Crippen MR) is 110 cm³/mol. The summed E-state index contributed by atoms with van der Waals surface area (Å²) in [6.45, 7) is 3.25. The maximum Gasteiger partial charge on any atom is 0.273 e. The van der Waals surface area contributed by atoms with Crippen molar-refractivity contribution >= 4 is 16.7 Å². The topological polar surface area (TPSA) is 59.8 Å². The number of nitrogens with one attached hydrogen (secondary N) is 1. The minimum Gasteiger partial charge on any atom is -0.363 e. The number of hydrogen-bond donors (Lipinski definition) is 1. The molecule has 0 spiro atoms. The summed E-state index contributed by atoms with van der Waals surface area (Å²) < 4.78 is 57.2. The quantitative estimate of drug-likeness (QED) is 0.556. The van der Waals surface area contributed by atoms with Gasteiger partial charge in [0.15, 0.2) is 0 Å². The number of anilines is 1. The van der Waals surface area contributed by atoms with Crippen LogP contribution in [0.15, 0.2) is 35.3 Å². The van der Waals surface area contributed by atoms with E-state index >= 15 is 0 Å². The predicted octanol–water partition coefficient (Wildman–Crippen LogP) is 4.98. The van der Waals surface area contributed by atoms with Crippen LogP contribution in [0.25, 0.3) is 10.9 Å². The van der Waals surface area contributed by atoms with Crippen molar-refractivity contribution < 1.29 is 17.6 Å². The van der Waals surface area contributed by atoms with Crippen LogP contribution >= 0.6 is 0 Å². The molecule has 9 heteroatoms. The fourth-order valence-electron chi connectivity index (χ4n) is 3.79. The van der Waals surface area contributed by atoms with Crippen LogP contribution in [0.2, 0.25) is 0 Å². The monoisotopic (exact) mass is 434 g/mol. The van der Waals surface area contributed by atoms with Gasteiger partial charge in [-0.2, -0.15) is 0 Å². The molecule has 1 saturated carbocycles. The molecule has 0 aliphatic heterocycles. The first-order valence-corrected chi connectivity index (χ1v) is 9.96. The molecule has 0 saturated heterocycles. The second-order valence-corrected chi connectivity index (χ2v) is 8.22. The molecule has 31 heavy (non-hydrogen) atoms. The molecule has 2 aromatic heterocycles. The van der Waals surface area contributed by atoms with Crippen LogP contribution in [0.5, 0.6) is 0 Å². The number of pyridine rings is 1. The third-order valence-electron chi connectivity index (χ3n) is 5.75. The van der Waals surface area contributed by atoms with Crippen molar-refractivity contribution in [1.82, 2.24) is 14.5 Å². The molecule has 1 unspecified atom stereocenters. The third-order valence-corrected chi connectivity index (χ3v) is 5.75. The lowest BCUT2D eigenvalue weighted by atomic mass is 10.0. The lowest BCUT2D eigenvalue weighted by Gasteiger charge is -2.21. The molecule has 0 amide bonds. The van der Waals surface area contributed by atoms with Crippen LogP contribution in [-0.4, -0.2) is 21.2 Å². The molecule has 1 N–H and O–H groups in total. The number of benzene rings is 1. The van der Waals surface area contributed by atoms with Crippen molar-refractivity contribution in [2.24, 2.45) is 0 Å².